The van der Waals surface area contributed by atoms with Crippen LogP contribution in [0.1, 0.15) is 20.3 Å². The smallest absolute Gasteiger partial charge is 0.229 e. The van der Waals surface area contributed by atoms with Crippen LogP contribution in [0.15, 0.2) is 24.3 Å². The van der Waals surface area contributed by atoms with Gasteiger partial charge in [-0.3, -0.25) is 9.59 Å². The highest BCUT2D eigenvalue weighted by Gasteiger charge is 2.29. The molecule has 0 aliphatic carbocycles. The molecular weight excluding hydrogens is 254 g/mol. The average Bonchev–Trinajstić information content (AvgIpc) is 2.87. The summed E-state index contributed by atoms with van der Waals surface area (Å²) in [5, 5.41) is 8.91. The fourth-order valence-electron chi connectivity index (χ4n) is 2.28. The lowest BCUT2D eigenvalue weighted by Gasteiger charge is -2.14. The first kappa shape index (κ1) is 14.5. The van der Waals surface area contributed by atoms with Crippen molar-refractivity contribution in [2.75, 3.05) is 23.7 Å². The van der Waals surface area contributed by atoms with Crippen molar-refractivity contribution in [3.8, 4) is 0 Å². The van der Waals surface area contributed by atoms with Crippen LogP contribution < -0.4 is 16.0 Å². The molecule has 0 aromatic heterocycles. The number of amides is 2. The van der Waals surface area contributed by atoms with Crippen LogP contribution in [0.3, 0.4) is 0 Å². The largest absolute Gasteiger partial charge is 0.326 e. The van der Waals surface area contributed by atoms with Crippen molar-refractivity contribution in [1.82, 2.24) is 5.32 Å². The molecule has 5 nitrogen and oxygen atoms in total. The molecule has 0 saturated carbocycles. The van der Waals surface area contributed by atoms with E-state index in [0.717, 1.165) is 24.5 Å². The molecule has 0 bridgehead atoms. The van der Waals surface area contributed by atoms with Gasteiger partial charge >= 0.3 is 0 Å². The maximum atomic E-state index is 12.1. The molecule has 1 saturated heterocycles. The first-order valence-electron chi connectivity index (χ1n) is 7.01. The molecule has 1 aliphatic heterocycles. The number of benzene rings is 1. The Kier molecular flexibility index (Phi) is 4.74. The first-order valence-corrected chi connectivity index (χ1v) is 7.01. The van der Waals surface area contributed by atoms with Gasteiger partial charge in [0.15, 0.2) is 0 Å². The number of hydrogen-bond acceptors (Lipinski definition) is 3. The van der Waals surface area contributed by atoms with Gasteiger partial charge in [-0.05, 0) is 36.7 Å². The molecule has 1 aliphatic rings. The van der Waals surface area contributed by atoms with Gasteiger partial charge < -0.3 is 16.0 Å². The molecule has 1 aromatic rings. The zero-order valence-electron chi connectivity index (χ0n) is 11.9. The summed E-state index contributed by atoms with van der Waals surface area (Å²) >= 11 is 0. The molecule has 2 rings (SSSR count). The van der Waals surface area contributed by atoms with E-state index in [-0.39, 0.29) is 17.7 Å². The normalized spacial score (nSPS) is 21.5. The number of nitrogens with one attached hydrogen (secondary N) is 3. The van der Waals surface area contributed by atoms with E-state index in [0.29, 0.717) is 12.3 Å². The van der Waals surface area contributed by atoms with Crippen molar-refractivity contribution in [1.29, 1.82) is 0 Å². The van der Waals surface area contributed by atoms with Crippen molar-refractivity contribution in [3.05, 3.63) is 24.3 Å². The summed E-state index contributed by atoms with van der Waals surface area (Å²) in [6.45, 7) is 5.51. The lowest BCUT2D eigenvalue weighted by Crippen LogP contribution is -2.27. The molecule has 108 valence electrons. The standard InChI is InChI=1S/C15H21N3O2/c1-3-14(19)17-11-4-6-12(7-5-11)18-15(20)13-9-16-8-10(13)2/h4-7,10,13,16H,3,8-9H2,1-2H3,(H,17,19)(H,18,20)/t10-,13-/m1/s1. The van der Waals surface area contributed by atoms with E-state index in [9.17, 15) is 9.59 Å². The molecule has 2 atom stereocenters. The molecule has 1 aromatic carbocycles. The van der Waals surface area contributed by atoms with Crippen LogP contribution in [0.5, 0.6) is 0 Å². The fraction of sp³-hybridized carbons (Fsp3) is 0.467. The Morgan fingerprint density at radius 2 is 1.75 bits per heavy atom. The summed E-state index contributed by atoms with van der Waals surface area (Å²) < 4.78 is 0. The zero-order chi connectivity index (χ0) is 14.5. The Labute approximate surface area is 119 Å². The highest BCUT2D eigenvalue weighted by molar-refractivity contribution is 5.94. The molecule has 0 unspecified atom stereocenters. The van der Waals surface area contributed by atoms with Gasteiger partial charge in [-0.2, -0.15) is 0 Å². The van der Waals surface area contributed by atoms with E-state index in [4.69, 9.17) is 0 Å². The van der Waals surface area contributed by atoms with E-state index >= 15 is 0 Å². The number of carbonyl (C=O) groups excluding carboxylic acids is 2. The second-order valence-corrected chi connectivity index (χ2v) is 5.21. The SMILES string of the molecule is CCC(=O)Nc1ccc(NC(=O)[C@@H]2CNC[C@H]2C)cc1. The van der Waals surface area contributed by atoms with Crippen LogP contribution in [-0.4, -0.2) is 24.9 Å². The summed E-state index contributed by atoms with van der Waals surface area (Å²) in [6.07, 6.45) is 0.449. The first-order chi connectivity index (χ1) is 9.60. The highest BCUT2D eigenvalue weighted by Crippen LogP contribution is 2.19. The minimum atomic E-state index is -0.0207. The topological polar surface area (TPSA) is 70.2 Å². The van der Waals surface area contributed by atoms with Crippen LogP contribution in [0.25, 0.3) is 0 Å². The van der Waals surface area contributed by atoms with Crippen LogP contribution in [0.2, 0.25) is 0 Å². The van der Waals surface area contributed by atoms with E-state index in [1.165, 1.54) is 0 Å². The lowest BCUT2D eigenvalue weighted by molar-refractivity contribution is -0.120. The number of carbonyl (C=O) groups is 2. The zero-order valence-corrected chi connectivity index (χ0v) is 11.9. The van der Waals surface area contributed by atoms with Crippen molar-refractivity contribution >= 4 is 23.2 Å². The maximum absolute atomic E-state index is 12.1. The minimum Gasteiger partial charge on any atom is -0.326 e. The van der Waals surface area contributed by atoms with Gasteiger partial charge in [0.25, 0.3) is 0 Å². The van der Waals surface area contributed by atoms with Crippen molar-refractivity contribution in [2.45, 2.75) is 20.3 Å². The molecule has 3 N–H and O–H groups in total. The second kappa shape index (κ2) is 6.52. The van der Waals surface area contributed by atoms with Crippen LogP contribution >= 0.6 is 0 Å². The molecule has 1 fully saturated rings. The third kappa shape index (κ3) is 3.57. The summed E-state index contributed by atoms with van der Waals surface area (Å²) in [7, 11) is 0. The Morgan fingerprint density at radius 1 is 1.15 bits per heavy atom. The predicted molar refractivity (Wildman–Crippen MR) is 79.5 cm³/mol. The fourth-order valence-corrected chi connectivity index (χ4v) is 2.28. The molecule has 2 amide bonds. The van der Waals surface area contributed by atoms with Gasteiger partial charge in [0.05, 0.1) is 5.92 Å². The summed E-state index contributed by atoms with van der Waals surface area (Å²) in [6, 6.07) is 7.19. The Balaban J connectivity index is 1.93. The van der Waals surface area contributed by atoms with E-state index < -0.39 is 0 Å². The van der Waals surface area contributed by atoms with Gasteiger partial charge in [-0.25, -0.2) is 0 Å². The summed E-state index contributed by atoms with van der Waals surface area (Å²) in [4.78, 5) is 23.4. The monoisotopic (exact) mass is 275 g/mol. The van der Waals surface area contributed by atoms with Gasteiger partial charge in [0, 0.05) is 24.3 Å². The van der Waals surface area contributed by atoms with Gasteiger partial charge in [0.1, 0.15) is 0 Å². The van der Waals surface area contributed by atoms with Crippen LogP contribution in [0, 0.1) is 11.8 Å². The number of hydrogen-bond donors (Lipinski definition) is 3. The van der Waals surface area contributed by atoms with Crippen LogP contribution in [-0.2, 0) is 9.59 Å². The Bertz CT molecular complexity index is 484. The molecular formula is C15H21N3O2. The summed E-state index contributed by atoms with van der Waals surface area (Å²) in [5.41, 5.74) is 1.49. The highest BCUT2D eigenvalue weighted by atomic mass is 16.2. The quantitative estimate of drug-likeness (QED) is 0.785. The van der Waals surface area contributed by atoms with E-state index in [1.807, 2.05) is 0 Å². The van der Waals surface area contributed by atoms with Gasteiger partial charge in [0.2, 0.25) is 11.8 Å². The van der Waals surface area contributed by atoms with Crippen molar-refractivity contribution in [2.24, 2.45) is 11.8 Å². The van der Waals surface area contributed by atoms with E-state index in [1.54, 1.807) is 31.2 Å². The van der Waals surface area contributed by atoms with Crippen molar-refractivity contribution in [3.63, 3.8) is 0 Å². The molecule has 20 heavy (non-hydrogen) atoms. The number of anilines is 2. The molecule has 0 spiro atoms. The second-order valence-electron chi connectivity index (χ2n) is 5.21. The Hall–Kier alpha value is -1.88. The number of rotatable bonds is 4. The van der Waals surface area contributed by atoms with Gasteiger partial charge in [-0.15, -0.1) is 0 Å². The molecule has 5 heteroatoms. The molecule has 1 heterocycles. The van der Waals surface area contributed by atoms with Gasteiger partial charge in [-0.1, -0.05) is 13.8 Å². The maximum Gasteiger partial charge on any atom is 0.229 e. The third-order valence-electron chi connectivity index (χ3n) is 3.61. The average molecular weight is 275 g/mol. The Morgan fingerprint density at radius 3 is 2.25 bits per heavy atom. The van der Waals surface area contributed by atoms with E-state index in [2.05, 4.69) is 22.9 Å². The third-order valence-corrected chi connectivity index (χ3v) is 3.61. The molecule has 0 radical (unpaired) electrons. The van der Waals surface area contributed by atoms with Crippen LogP contribution in [0.4, 0.5) is 11.4 Å². The minimum absolute atomic E-state index is 0.0207. The summed E-state index contributed by atoms with van der Waals surface area (Å²) in [5.74, 6) is 0.410. The van der Waals surface area contributed by atoms with Crippen molar-refractivity contribution < 1.29 is 9.59 Å². The lowest BCUT2D eigenvalue weighted by atomic mass is 9.97. The predicted octanol–water partition coefficient (Wildman–Crippen LogP) is 1.83.